The van der Waals surface area contributed by atoms with E-state index in [4.69, 9.17) is 4.98 Å². The molecule has 0 aliphatic carbocycles. The summed E-state index contributed by atoms with van der Waals surface area (Å²) >= 11 is 1.26. The van der Waals surface area contributed by atoms with Crippen LogP contribution in [0.3, 0.4) is 0 Å². The minimum absolute atomic E-state index is 0.131. The molecule has 4 rings (SSSR count). The minimum Gasteiger partial charge on any atom is -0.325 e. The van der Waals surface area contributed by atoms with Gasteiger partial charge in [0, 0.05) is 5.69 Å². The number of carbonyl (C=O) groups excluding carboxylic acids is 1. The van der Waals surface area contributed by atoms with Gasteiger partial charge in [0.1, 0.15) is 0 Å². The molecule has 1 aromatic heterocycles. The Labute approximate surface area is 191 Å². The number of hydrogen-bond donors (Lipinski definition) is 1. The van der Waals surface area contributed by atoms with Crippen molar-refractivity contribution in [1.82, 2.24) is 9.55 Å². The molecular formula is C26H25N3O2S. The van der Waals surface area contributed by atoms with E-state index in [1.165, 1.54) is 11.8 Å². The molecule has 0 radical (unpaired) electrons. The Bertz CT molecular complexity index is 1330. The third-order valence-electron chi connectivity index (χ3n) is 5.28. The van der Waals surface area contributed by atoms with Crippen LogP contribution >= 0.6 is 11.8 Å². The van der Waals surface area contributed by atoms with E-state index in [1.54, 1.807) is 10.6 Å². The Morgan fingerprint density at radius 2 is 1.72 bits per heavy atom. The highest BCUT2D eigenvalue weighted by Gasteiger charge is 2.16. The lowest BCUT2D eigenvalue weighted by Gasteiger charge is -2.17. The number of fused-ring (bicyclic) bond motifs is 1. The van der Waals surface area contributed by atoms with Crippen LogP contribution in [-0.4, -0.2) is 21.2 Å². The second kappa shape index (κ2) is 9.40. The molecule has 4 aromatic rings. The van der Waals surface area contributed by atoms with Gasteiger partial charge >= 0.3 is 0 Å². The van der Waals surface area contributed by atoms with Gasteiger partial charge in [-0.2, -0.15) is 0 Å². The van der Waals surface area contributed by atoms with Gasteiger partial charge in [0.15, 0.2) is 5.16 Å². The number of amides is 1. The van der Waals surface area contributed by atoms with Gasteiger partial charge in [0.05, 0.1) is 22.3 Å². The van der Waals surface area contributed by atoms with Crippen LogP contribution in [-0.2, 0) is 4.79 Å². The number of rotatable bonds is 6. The van der Waals surface area contributed by atoms with Gasteiger partial charge in [0.25, 0.3) is 5.56 Å². The minimum atomic E-state index is -0.147. The SMILES string of the molecule is Cc1cccc(C(C)C)c1NC(=O)CSc1nc2ccccc2c(=O)n1-c1ccccc1. The Morgan fingerprint density at radius 1 is 1.00 bits per heavy atom. The van der Waals surface area contributed by atoms with E-state index in [-0.39, 0.29) is 17.2 Å². The number of hydrogen-bond acceptors (Lipinski definition) is 4. The first-order valence-electron chi connectivity index (χ1n) is 10.5. The van der Waals surface area contributed by atoms with Crippen molar-refractivity contribution in [1.29, 1.82) is 0 Å². The van der Waals surface area contributed by atoms with Gasteiger partial charge in [-0.05, 0) is 48.2 Å². The van der Waals surface area contributed by atoms with Crippen LogP contribution in [0.2, 0.25) is 0 Å². The van der Waals surface area contributed by atoms with Gasteiger partial charge in [-0.15, -0.1) is 0 Å². The third kappa shape index (κ3) is 4.46. The molecule has 1 amide bonds. The van der Waals surface area contributed by atoms with Gasteiger partial charge in [-0.1, -0.05) is 74.1 Å². The van der Waals surface area contributed by atoms with Crippen LogP contribution in [0.4, 0.5) is 5.69 Å². The van der Waals surface area contributed by atoms with Crippen molar-refractivity contribution in [2.45, 2.75) is 31.8 Å². The van der Waals surface area contributed by atoms with E-state index in [1.807, 2.05) is 73.7 Å². The number of nitrogens with one attached hydrogen (secondary N) is 1. The fourth-order valence-electron chi connectivity index (χ4n) is 3.66. The number of carbonyl (C=O) groups is 1. The average molecular weight is 444 g/mol. The van der Waals surface area contributed by atoms with Crippen molar-refractivity contribution in [3.63, 3.8) is 0 Å². The standard InChI is InChI=1S/C26H25N3O2S/c1-17(2)20-14-9-10-18(3)24(20)28-23(30)16-32-26-27-22-15-8-7-13-21(22)25(31)29(26)19-11-5-4-6-12-19/h4-15,17H,16H2,1-3H3,(H,28,30). The lowest BCUT2D eigenvalue weighted by atomic mass is 9.98. The molecule has 0 aliphatic rings. The van der Waals surface area contributed by atoms with Crippen molar-refractivity contribution in [2.24, 2.45) is 0 Å². The Kier molecular flexibility index (Phi) is 6.42. The van der Waals surface area contributed by atoms with E-state index in [9.17, 15) is 9.59 Å². The Balaban J connectivity index is 1.65. The molecule has 3 aromatic carbocycles. The summed E-state index contributed by atoms with van der Waals surface area (Å²) < 4.78 is 1.58. The maximum Gasteiger partial charge on any atom is 0.266 e. The van der Waals surface area contributed by atoms with Crippen LogP contribution in [0, 0.1) is 6.92 Å². The summed E-state index contributed by atoms with van der Waals surface area (Å²) in [6.07, 6.45) is 0. The quantitative estimate of drug-likeness (QED) is 0.314. The van der Waals surface area contributed by atoms with Gasteiger partial charge in [0.2, 0.25) is 5.91 Å². The van der Waals surface area contributed by atoms with E-state index < -0.39 is 0 Å². The van der Waals surface area contributed by atoms with Gasteiger partial charge in [-0.3, -0.25) is 14.2 Å². The number of thioether (sulfide) groups is 1. The second-order valence-corrected chi connectivity index (χ2v) is 8.86. The van der Waals surface area contributed by atoms with Gasteiger partial charge < -0.3 is 5.32 Å². The van der Waals surface area contributed by atoms with Crippen molar-refractivity contribution in [3.05, 3.63) is 94.3 Å². The first kappa shape index (κ1) is 21.8. The molecule has 32 heavy (non-hydrogen) atoms. The fourth-order valence-corrected chi connectivity index (χ4v) is 4.47. The lowest BCUT2D eigenvalue weighted by molar-refractivity contribution is -0.113. The summed E-state index contributed by atoms with van der Waals surface area (Å²) in [6, 6.07) is 22.7. The van der Waals surface area contributed by atoms with Crippen molar-refractivity contribution >= 4 is 34.3 Å². The van der Waals surface area contributed by atoms with Gasteiger partial charge in [-0.25, -0.2) is 4.98 Å². The molecule has 0 fully saturated rings. The molecule has 0 atom stereocenters. The fraction of sp³-hybridized carbons (Fsp3) is 0.192. The predicted molar refractivity (Wildman–Crippen MR) is 132 cm³/mol. The molecule has 0 bridgehead atoms. The summed E-state index contributed by atoms with van der Waals surface area (Å²) in [6.45, 7) is 6.21. The average Bonchev–Trinajstić information content (AvgIpc) is 2.79. The topological polar surface area (TPSA) is 64.0 Å². The molecule has 1 heterocycles. The summed E-state index contributed by atoms with van der Waals surface area (Å²) in [5.41, 5.74) is 4.19. The molecule has 0 saturated heterocycles. The normalized spacial score (nSPS) is 11.1. The molecule has 162 valence electrons. The highest BCUT2D eigenvalue weighted by molar-refractivity contribution is 7.99. The van der Waals surface area contributed by atoms with Crippen molar-refractivity contribution < 1.29 is 4.79 Å². The first-order chi connectivity index (χ1) is 15.5. The predicted octanol–water partition coefficient (Wildman–Crippen LogP) is 5.55. The van der Waals surface area contributed by atoms with Crippen molar-refractivity contribution in [3.8, 4) is 5.69 Å². The molecular weight excluding hydrogens is 418 g/mol. The highest BCUT2D eigenvalue weighted by atomic mass is 32.2. The van der Waals surface area contributed by atoms with Crippen LogP contribution in [0.1, 0.15) is 30.9 Å². The molecule has 0 saturated carbocycles. The number of para-hydroxylation sites is 3. The zero-order valence-corrected chi connectivity index (χ0v) is 19.1. The van der Waals surface area contributed by atoms with Crippen LogP contribution in [0.15, 0.2) is 82.7 Å². The largest absolute Gasteiger partial charge is 0.325 e. The molecule has 0 spiro atoms. The van der Waals surface area contributed by atoms with Crippen LogP contribution in [0.5, 0.6) is 0 Å². The molecule has 5 nitrogen and oxygen atoms in total. The summed E-state index contributed by atoms with van der Waals surface area (Å²) in [5, 5.41) is 4.10. The molecule has 0 unspecified atom stereocenters. The highest BCUT2D eigenvalue weighted by Crippen LogP contribution is 2.28. The Hall–Kier alpha value is -3.38. The zero-order chi connectivity index (χ0) is 22.7. The first-order valence-corrected chi connectivity index (χ1v) is 11.5. The number of benzene rings is 3. The van der Waals surface area contributed by atoms with E-state index in [2.05, 4.69) is 19.2 Å². The maximum absolute atomic E-state index is 13.3. The Morgan fingerprint density at radius 3 is 2.47 bits per heavy atom. The lowest BCUT2D eigenvalue weighted by Crippen LogP contribution is -2.23. The van der Waals surface area contributed by atoms with Crippen LogP contribution in [0.25, 0.3) is 16.6 Å². The molecule has 6 heteroatoms. The van der Waals surface area contributed by atoms with E-state index in [0.29, 0.717) is 22.0 Å². The van der Waals surface area contributed by atoms with Crippen molar-refractivity contribution in [2.75, 3.05) is 11.1 Å². The number of anilines is 1. The summed E-state index contributed by atoms with van der Waals surface area (Å²) in [4.78, 5) is 30.8. The number of aryl methyl sites for hydroxylation is 1. The third-order valence-corrected chi connectivity index (χ3v) is 6.22. The zero-order valence-electron chi connectivity index (χ0n) is 18.3. The maximum atomic E-state index is 13.3. The second-order valence-electron chi connectivity index (χ2n) is 7.92. The van der Waals surface area contributed by atoms with Crippen LogP contribution < -0.4 is 10.9 Å². The summed E-state index contributed by atoms with van der Waals surface area (Å²) in [5.74, 6) is 0.306. The molecule has 0 aliphatic heterocycles. The van der Waals surface area contributed by atoms with E-state index in [0.717, 1.165) is 22.5 Å². The number of aromatic nitrogens is 2. The summed E-state index contributed by atoms with van der Waals surface area (Å²) in [7, 11) is 0. The van der Waals surface area contributed by atoms with E-state index >= 15 is 0 Å². The molecule has 1 N–H and O–H groups in total. The smallest absolute Gasteiger partial charge is 0.266 e. The number of nitrogens with zero attached hydrogens (tertiary/aromatic N) is 2. The monoisotopic (exact) mass is 443 g/mol.